The van der Waals surface area contributed by atoms with Gasteiger partial charge in [0.05, 0.1) is 36.3 Å². The molecule has 34 heavy (non-hydrogen) atoms. The average Bonchev–Trinajstić information content (AvgIpc) is 3.64. The van der Waals surface area contributed by atoms with Gasteiger partial charge in [0.25, 0.3) is 0 Å². The minimum atomic E-state index is -1.01. The van der Waals surface area contributed by atoms with Crippen LogP contribution in [0.4, 0.5) is 5.69 Å². The van der Waals surface area contributed by atoms with Gasteiger partial charge in [0.2, 0.25) is 18.6 Å². The smallest absolute Gasteiger partial charge is 0.231 e. The molecular weight excluding hydrogens is 440 g/mol. The summed E-state index contributed by atoms with van der Waals surface area (Å²) in [4.78, 5) is 42.2. The molecule has 3 fully saturated rings. The highest BCUT2D eigenvalue weighted by Crippen LogP contribution is 2.60. The summed E-state index contributed by atoms with van der Waals surface area (Å²) in [6, 6.07) is 7.69. The lowest BCUT2D eigenvalue weighted by atomic mass is 9.70. The Morgan fingerprint density at radius 1 is 1.18 bits per heavy atom. The van der Waals surface area contributed by atoms with E-state index in [1.807, 2.05) is 19.1 Å². The van der Waals surface area contributed by atoms with Crippen LogP contribution in [0.1, 0.15) is 25.1 Å². The van der Waals surface area contributed by atoms with E-state index in [0.717, 1.165) is 0 Å². The molecule has 0 saturated carbocycles. The Kier molecular flexibility index (Phi) is 3.92. The number of rotatable bonds is 3. The highest BCUT2D eigenvalue weighted by atomic mass is 16.7. The highest BCUT2D eigenvalue weighted by molar-refractivity contribution is 6.01. The first-order valence-electron chi connectivity index (χ1n) is 11.4. The van der Waals surface area contributed by atoms with Crippen LogP contribution in [0.25, 0.3) is 0 Å². The summed E-state index contributed by atoms with van der Waals surface area (Å²) < 4.78 is 22.7. The van der Waals surface area contributed by atoms with E-state index in [4.69, 9.17) is 18.6 Å². The van der Waals surface area contributed by atoms with Gasteiger partial charge in [-0.25, -0.2) is 0 Å². The molecule has 0 aliphatic carbocycles. The standard InChI is InChI=1S/C25H22N2O7/c1-12-15(28)10-14(16-3-2-8-31-16)27-22(12)25-7-6-18(34-25)20(21(25)24(27)30)23(29)26-13-4-5-17-19(9-13)33-11-32-17/h2-9,12,14,18,20-22H,10-11H2,1H3,(H,26,29)/t12-,14-,18+,20+,21-,22+,25-/m0/s1. The molecule has 2 aromatic rings. The second-order valence-corrected chi connectivity index (χ2v) is 9.54. The lowest BCUT2D eigenvalue weighted by molar-refractivity contribution is -0.147. The van der Waals surface area contributed by atoms with E-state index in [2.05, 4.69) is 5.32 Å². The Bertz CT molecular complexity index is 1250. The molecular formula is C25H22N2O7. The van der Waals surface area contributed by atoms with Crippen molar-refractivity contribution in [2.45, 2.75) is 37.1 Å². The van der Waals surface area contributed by atoms with E-state index < -0.39 is 41.5 Å². The SMILES string of the molecule is C[C@H]1C(=O)C[C@@H](c2ccco2)N2C(=O)[C@@H]3[C@H](C(=O)Nc4ccc5c(c4)OCO5)[C@H]4C=C[C@@]3(O4)[C@@H]12. The molecule has 2 bridgehead atoms. The molecule has 0 radical (unpaired) electrons. The van der Waals surface area contributed by atoms with Crippen LogP contribution in [-0.2, 0) is 19.1 Å². The van der Waals surface area contributed by atoms with Gasteiger partial charge in [-0.2, -0.15) is 0 Å². The number of anilines is 1. The average molecular weight is 462 g/mol. The molecule has 5 aliphatic rings. The van der Waals surface area contributed by atoms with E-state index in [1.54, 1.807) is 35.2 Å². The molecule has 174 valence electrons. The monoisotopic (exact) mass is 462 g/mol. The van der Waals surface area contributed by atoms with Crippen LogP contribution in [0.5, 0.6) is 11.5 Å². The number of piperidine rings is 1. The maximum Gasteiger partial charge on any atom is 0.231 e. The van der Waals surface area contributed by atoms with Gasteiger partial charge >= 0.3 is 0 Å². The molecule has 7 atom stereocenters. The third kappa shape index (κ3) is 2.45. The van der Waals surface area contributed by atoms with E-state index in [-0.39, 0.29) is 30.8 Å². The number of carbonyl (C=O) groups is 3. The normalized spacial score (nSPS) is 36.7. The Morgan fingerprint density at radius 2 is 2.03 bits per heavy atom. The zero-order valence-electron chi connectivity index (χ0n) is 18.3. The van der Waals surface area contributed by atoms with E-state index in [9.17, 15) is 14.4 Å². The third-order valence-corrected chi connectivity index (χ3v) is 7.89. The molecule has 7 rings (SSSR count). The van der Waals surface area contributed by atoms with Gasteiger partial charge in [0.1, 0.15) is 17.1 Å². The molecule has 2 amide bonds. The minimum absolute atomic E-state index is 0.0548. The second kappa shape index (κ2) is 6.73. The molecule has 1 spiro atoms. The summed E-state index contributed by atoms with van der Waals surface area (Å²) in [5.74, 6) is -0.534. The van der Waals surface area contributed by atoms with Crippen molar-refractivity contribution in [1.29, 1.82) is 0 Å². The van der Waals surface area contributed by atoms with E-state index in [1.165, 1.54) is 6.26 Å². The molecule has 9 heteroatoms. The quantitative estimate of drug-likeness (QED) is 0.698. The fraction of sp³-hybridized carbons (Fsp3) is 0.400. The number of nitrogens with one attached hydrogen (secondary N) is 1. The largest absolute Gasteiger partial charge is 0.467 e. The van der Waals surface area contributed by atoms with Crippen molar-refractivity contribution in [2.24, 2.45) is 17.8 Å². The fourth-order valence-electron chi connectivity index (χ4n) is 6.46. The number of hydrogen-bond acceptors (Lipinski definition) is 7. The van der Waals surface area contributed by atoms with Gasteiger partial charge in [0, 0.05) is 24.1 Å². The summed E-state index contributed by atoms with van der Waals surface area (Å²) in [6.45, 7) is 1.98. The Hall–Kier alpha value is -3.59. The topological polar surface area (TPSA) is 107 Å². The molecule has 9 nitrogen and oxygen atoms in total. The summed E-state index contributed by atoms with van der Waals surface area (Å²) in [6.07, 6.45) is 4.93. The van der Waals surface area contributed by atoms with E-state index in [0.29, 0.717) is 22.9 Å². The number of furan rings is 1. The zero-order valence-corrected chi connectivity index (χ0v) is 18.3. The summed E-state index contributed by atoms with van der Waals surface area (Å²) in [5, 5.41) is 2.92. The predicted molar refractivity (Wildman–Crippen MR) is 116 cm³/mol. The number of amides is 2. The van der Waals surface area contributed by atoms with Crippen LogP contribution >= 0.6 is 0 Å². The number of Topliss-reactive ketones (excluding diaryl/α,β-unsaturated/α-hetero) is 1. The number of benzene rings is 1. The minimum Gasteiger partial charge on any atom is -0.467 e. The first-order chi connectivity index (χ1) is 16.5. The van der Waals surface area contributed by atoms with E-state index >= 15 is 0 Å². The number of fused-ring (bicyclic) bond motifs is 3. The van der Waals surface area contributed by atoms with Crippen molar-refractivity contribution < 1.29 is 33.0 Å². The molecule has 1 aromatic carbocycles. The molecule has 0 unspecified atom stereocenters. The first-order valence-corrected chi connectivity index (χ1v) is 11.4. The van der Waals surface area contributed by atoms with Crippen LogP contribution in [0, 0.1) is 17.8 Å². The van der Waals surface area contributed by atoms with Crippen molar-refractivity contribution >= 4 is 23.3 Å². The lowest BCUT2D eigenvalue weighted by Crippen LogP contribution is -2.55. The lowest BCUT2D eigenvalue weighted by Gasteiger charge is -2.43. The number of ketones is 1. The zero-order chi connectivity index (χ0) is 23.2. The Labute approximate surface area is 194 Å². The molecule has 3 saturated heterocycles. The fourth-order valence-corrected chi connectivity index (χ4v) is 6.46. The highest BCUT2D eigenvalue weighted by Gasteiger charge is 2.74. The van der Waals surface area contributed by atoms with Crippen molar-refractivity contribution in [3.63, 3.8) is 0 Å². The Morgan fingerprint density at radius 3 is 2.85 bits per heavy atom. The first kappa shape index (κ1) is 19.8. The second-order valence-electron chi connectivity index (χ2n) is 9.54. The van der Waals surface area contributed by atoms with Crippen molar-refractivity contribution in [3.05, 3.63) is 54.5 Å². The molecule has 6 heterocycles. The Balaban J connectivity index is 1.24. The third-order valence-electron chi connectivity index (χ3n) is 7.89. The van der Waals surface area contributed by atoms with Crippen LogP contribution in [0.15, 0.2) is 53.2 Å². The summed E-state index contributed by atoms with van der Waals surface area (Å²) in [7, 11) is 0. The number of nitrogens with zero attached hydrogens (tertiary/aromatic N) is 1. The number of carbonyl (C=O) groups excluding carboxylic acids is 3. The molecule has 1 N–H and O–H groups in total. The van der Waals surface area contributed by atoms with Crippen LogP contribution in [0.3, 0.4) is 0 Å². The summed E-state index contributed by atoms with van der Waals surface area (Å²) >= 11 is 0. The van der Waals surface area contributed by atoms with Crippen LogP contribution in [-0.4, -0.2) is 47.0 Å². The van der Waals surface area contributed by atoms with Gasteiger partial charge in [0.15, 0.2) is 11.5 Å². The van der Waals surface area contributed by atoms with Crippen LogP contribution in [0.2, 0.25) is 0 Å². The maximum atomic E-state index is 13.9. The molecule has 5 aliphatic heterocycles. The number of ether oxygens (including phenoxy) is 3. The van der Waals surface area contributed by atoms with Crippen molar-refractivity contribution in [3.8, 4) is 11.5 Å². The summed E-state index contributed by atoms with van der Waals surface area (Å²) in [5.41, 5.74) is -0.464. The molecule has 1 aromatic heterocycles. The van der Waals surface area contributed by atoms with Crippen LogP contribution < -0.4 is 14.8 Å². The van der Waals surface area contributed by atoms with Gasteiger partial charge in [-0.1, -0.05) is 19.1 Å². The number of hydrogen-bond donors (Lipinski definition) is 1. The maximum absolute atomic E-state index is 13.9. The van der Waals surface area contributed by atoms with Gasteiger partial charge in [-0.05, 0) is 24.3 Å². The van der Waals surface area contributed by atoms with Gasteiger partial charge < -0.3 is 28.8 Å². The van der Waals surface area contributed by atoms with Gasteiger partial charge in [-0.3, -0.25) is 14.4 Å². The van der Waals surface area contributed by atoms with Gasteiger partial charge in [-0.15, -0.1) is 0 Å². The van der Waals surface area contributed by atoms with Crippen molar-refractivity contribution in [2.75, 3.05) is 12.1 Å². The predicted octanol–water partition coefficient (Wildman–Crippen LogP) is 2.45. The van der Waals surface area contributed by atoms with Crippen molar-refractivity contribution in [1.82, 2.24) is 4.90 Å².